The first-order valence-electron chi connectivity index (χ1n) is 4.04. The number of ketones is 1. The number of carboxylic acid groups (broad SMARTS) is 1. The molecule has 0 amide bonds. The third-order valence-electron chi connectivity index (χ3n) is 1.82. The molecule has 0 saturated carbocycles. The molecule has 1 aliphatic carbocycles. The number of allylic oxidation sites excluding steroid dienone is 1. The summed E-state index contributed by atoms with van der Waals surface area (Å²) in [6.07, 6.45) is 1.66. The molecule has 0 aromatic rings. The zero-order valence-corrected chi connectivity index (χ0v) is 8.16. The van der Waals surface area contributed by atoms with Crippen LogP contribution in [0.3, 0.4) is 0 Å². The summed E-state index contributed by atoms with van der Waals surface area (Å²) in [5.41, 5.74) is 5.28. The van der Waals surface area contributed by atoms with Gasteiger partial charge in [0.1, 0.15) is 6.04 Å². The lowest BCUT2D eigenvalue weighted by Gasteiger charge is -2.08. The monoisotopic (exact) mass is 217 g/mol. The number of Topliss-reactive ketones (excluding diaryl/α,β-unsaturated/α-hetero) is 1. The fraction of sp³-hybridized carbons (Fsp3) is 0.500. The van der Waals surface area contributed by atoms with Gasteiger partial charge in [0, 0.05) is 17.4 Å². The Kier molecular flexibility index (Phi) is 3.54. The number of thioether (sulfide) groups is 1. The predicted octanol–water partition coefficient (Wildman–Crippen LogP) is -0.0852. The van der Waals surface area contributed by atoms with Gasteiger partial charge in [-0.05, 0) is 6.08 Å². The molecule has 6 heteroatoms. The highest BCUT2D eigenvalue weighted by Gasteiger charge is 2.25. The van der Waals surface area contributed by atoms with E-state index < -0.39 is 12.0 Å². The SMILES string of the molecule is NC(CSC1C=C(O)C(=O)C1)C(=O)O. The number of aliphatic hydroxyl groups is 1. The Bertz CT molecular complexity index is 289. The van der Waals surface area contributed by atoms with Gasteiger partial charge in [0.05, 0.1) is 0 Å². The van der Waals surface area contributed by atoms with Crippen LogP contribution in [0, 0.1) is 0 Å². The summed E-state index contributed by atoms with van der Waals surface area (Å²) < 4.78 is 0. The van der Waals surface area contributed by atoms with E-state index in [2.05, 4.69) is 0 Å². The lowest BCUT2D eigenvalue weighted by molar-refractivity contribution is -0.137. The predicted molar refractivity (Wildman–Crippen MR) is 52.2 cm³/mol. The van der Waals surface area contributed by atoms with Crippen molar-refractivity contribution in [3.05, 3.63) is 11.8 Å². The molecule has 0 heterocycles. The number of aliphatic hydroxyl groups excluding tert-OH is 1. The van der Waals surface area contributed by atoms with E-state index in [1.807, 2.05) is 0 Å². The second-order valence-electron chi connectivity index (χ2n) is 3.00. The van der Waals surface area contributed by atoms with Gasteiger partial charge < -0.3 is 15.9 Å². The third-order valence-corrected chi connectivity index (χ3v) is 3.11. The Morgan fingerprint density at radius 3 is 2.86 bits per heavy atom. The first-order chi connectivity index (χ1) is 6.50. The summed E-state index contributed by atoms with van der Waals surface area (Å²) in [5.74, 6) is -1.36. The topological polar surface area (TPSA) is 101 Å². The van der Waals surface area contributed by atoms with E-state index in [1.165, 1.54) is 17.8 Å². The van der Waals surface area contributed by atoms with Crippen LogP contribution in [0.2, 0.25) is 0 Å². The van der Waals surface area contributed by atoms with Crippen molar-refractivity contribution in [3.8, 4) is 0 Å². The molecule has 1 aliphatic rings. The molecule has 0 saturated heterocycles. The minimum absolute atomic E-state index is 0.145. The zero-order valence-electron chi connectivity index (χ0n) is 7.34. The molecule has 2 unspecified atom stereocenters. The molecule has 0 radical (unpaired) electrons. The van der Waals surface area contributed by atoms with Gasteiger partial charge in [-0.25, -0.2) is 0 Å². The highest BCUT2D eigenvalue weighted by Crippen LogP contribution is 2.24. The van der Waals surface area contributed by atoms with Gasteiger partial charge in [0.15, 0.2) is 11.5 Å². The Hall–Kier alpha value is -1.01. The fourth-order valence-corrected chi connectivity index (χ4v) is 2.11. The lowest BCUT2D eigenvalue weighted by atomic mass is 10.3. The van der Waals surface area contributed by atoms with Crippen molar-refractivity contribution >= 4 is 23.5 Å². The molecule has 2 atom stereocenters. The van der Waals surface area contributed by atoms with Crippen LogP contribution < -0.4 is 5.73 Å². The van der Waals surface area contributed by atoms with Gasteiger partial charge >= 0.3 is 5.97 Å². The minimum Gasteiger partial charge on any atom is -0.505 e. The summed E-state index contributed by atoms with van der Waals surface area (Å²) >= 11 is 1.26. The quantitative estimate of drug-likeness (QED) is 0.608. The molecule has 4 N–H and O–H groups in total. The molecule has 0 aromatic heterocycles. The average molecular weight is 217 g/mol. The molecule has 0 bridgehead atoms. The van der Waals surface area contributed by atoms with E-state index in [9.17, 15) is 9.59 Å². The van der Waals surface area contributed by atoms with Crippen LogP contribution in [0.5, 0.6) is 0 Å². The Balaban J connectivity index is 2.34. The van der Waals surface area contributed by atoms with E-state index in [0.717, 1.165) is 0 Å². The van der Waals surface area contributed by atoms with Crippen molar-refractivity contribution < 1.29 is 19.8 Å². The van der Waals surface area contributed by atoms with Gasteiger partial charge in [-0.15, -0.1) is 0 Å². The molecule has 0 aromatic carbocycles. The summed E-state index contributed by atoms with van der Waals surface area (Å²) in [6, 6.07) is -0.925. The molecule has 1 rings (SSSR count). The normalized spacial score (nSPS) is 23.4. The number of aliphatic carboxylic acids is 1. The Labute approximate surface area is 85.0 Å². The van der Waals surface area contributed by atoms with Crippen molar-refractivity contribution in [2.24, 2.45) is 5.73 Å². The maximum Gasteiger partial charge on any atom is 0.321 e. The standard InChI is InChI=1S/C8H11NO4S/c9-5(8(12)13)3-14-4-1-6(10)7(11)2-4/h1,4-5,10H,2-3,9H2,(H,12,13). The largest absolute Gasteiger partial charge is 0.505 e. The van der Waals surface area contributed by atoms with E-state index >= 15 is 0 Å². The Morgan fingerprint density at radius 1 is 1.79 bits per heavy atom. The van der Waals surface area contributed by atoms with Gasteiger partial charge in [-0.3, -0.25) is 9.59 Å². The number of hydrogen-bond acceptors (Lipinski definition) is 5. The molecule has 0 aliphatic heterocycles. The summed E-state index contributed by atoms with van der Waals surface area (Å²) in [5, 5.41) is 17.3. The zero-order chi connectivity index (χ0) is 10.7. The summed E-state index contributed by atoms with van der Waals surface area (Å²) in [6.45, 7) is 0. The number of carbonyl (C=O) groups is 2. The van der Waals surface area contributed by atoms with Crippen molar-refractivity contribution in [1.82, 2.24) is 0 Å². The maximum atomic E-state index is 10.9. The number of carbonyl (C=O) groups excluding carboxylic acids is 1. The van der Waals surface area contributed by atoms with Gasteiger partial charge in [-0.2, -0.15) is 11.8 Å². The number of hydrogen-bond donors (Lipinski definition) is 3. The first-order valence-corrected chi connectivity index (χ1v) is 5.09. The van der Waals surface area contributed by atoms with Crippen molar-refractivity contribution in [2.45, 2.75) is 17.7 Å². The Morgan fingerprint density at radius 2 is 2.43 bits per heavy atom. The third kappa shape index (κ3) is 2.74. The van der Waals surface area contributed by atoms with Crippen LogP contribution >= 0.6 is 11.8 Å². The van der Waals surface area contributed by atoms with Crippen LogP contribution in [-0.2, 0) is 9.59 Å². The summed E-state index contributed by atoms with van der Waals surface area (Å²) in [7, 11) is 0. The van der Waals surface area contributed by atoms with Crippen molar-refractivity contribution in [2.75, 3.05) is 5.75 Å². The van der Waals surface area contributed by atoms with E-state index in [-0.39, 0.29) is 29.0 Å². The van der Waals surface area contributed by atoms with Crippen LogP contribution in [0.1, 0.15) is 6.42 Å². The smallest absolute Gasteiger partial charge is 0.321 e. The van der Waals surface area contributed by atoms with E-state index in [4.69, 9.17) is 15.9 Å². The van der Waals surface area contributed by atoms with Crippen LogP contribution in [0.25, 0.3) is 0 Å². The van der Waals surface area contributed by atoms with Crippen LogP contribution in [-0.4, -0.2) is 39.0 Å². The molecule has 0 spiro atoms. The second-order valence-corrected chi connectivity index (χ2v) is 4.27. The van der Waals surface area contributed by atoms with Crippen molar-refractivity contribution in [3.63, 3.8) is 0 Å². The van der Waals surface area contributed by atoms with E-state index in [0.29, 0.717) is 0 Å². The summed E-state index contributed by atoms with van der Waals surface area (Å²) in [4.78, 5) is 21.2. The van der Waals surface area contributed by atoms with Gasteiger partial charge in [0.25, 0.3) is 0 Å². The first kappa shape index (κ1) is 11.1. The fourth-order valence-electron chi connectivity index (χ4n) is 1.02. The van der Waals surface area contributed by atoms with Gasteiger partial charge in [0.2, 0.25) is 0 Å². The molecular formula is C8H11NO4S. The minimum atomic E-state index is -1.06. The average Bonchev–Trinajstić information content (AvgIpc) is 2.42. The lowest BCUT2D eigenvalue weighted by Crippen LogP contribution is -2.33. The molecule has 78 valence electrons. The molecular weight excluding hydrogens is 206 g/mol. The van der Waals surface area contributed by atoms with Crippen LogP contribution in [0.4, 0.5) is 0 Å². The number of nitrogens with two attached hydrogens (primary N) is 1. The number of carboxylic acids is 1. The van der Waals surface area contributed by atoms with E-state index in [1.54, 1.807) is 0 Å². The molecule has 0 fully saturated rings. The highest BCUT2D eigenvalue weighted by atomic mass is 32.2. The van der Waals surface area contributed by atoms with Crippen LogP contribution in [0.15, 0.2) is 11.8 Å². The second kappa shape index (κ2) is 4.47. The number of rotatable bonds is 4. The van der Waals surface area contributed by atoms with Gasteiger partial charge in [-0.1, -0.05) is 0 Å². The molecule has 5 nitrogen and oxygen atoms in total. The molecule has 14 heavy (non-hydrogen) atoms. The van der Waals surface area contributed by atoms with Crippen molar-refractivity contribution in [1.29, 1.82) is 0 Å². The maximum absolute atomic E-state index is 10.9. The highest BCUT2D eigenvalue weighted by molar-refractivity contribution is 8.00.